The van der Waals surface area contributed by atoms with Gasteiger partial charge in [0.25, 0.3) is 0 Å². The van der Waals surface area contributed by atoms with E-state index < -0.39 is 0 Å². The van der Waals surface area contributed by atoms with E-state index in [1.807, 2.05) is 30.3 Å². The molecule has 1 saturated heterocycles. The fourth-order valence-corrected chi connectivity index (χ4v) is 6.11. The number of hydrogen-bond acceptors (Lipinski definition) is 5. The van der Waals surface area contributed by atoms with Crippen molar-refractivity contribution in [3.05, 3.63) is 65.1 Å². The molecule has 1 aliphatic rings. The summed E-state index contributed by atoms with van der Waals surface area (Å²) in [6.45, 7) is 3.24. The van der Waals surface area contributed by atoms with Crippen LogP contribution in [0.5, 0.6) is 5.75 Å². The van der Waals surface area contributed by atoms with Crippen molar-refractivity contribution in [3.8, 4) is 5.75 Å². The molecule has 188 valence electrons. The Balaban J connectivity index is 1.26. The van der Waals surface area contributed by atoms with Crippen molar-refractivity contribution in [3.63, 3.8) is 0 Å². The lowest BCUT2D eigenvalue weighted by atomic mass is 9.75. The molecule has 35 heavy (non-hydrogen) atoms. The number of ether oxygens (including phenoxy) is 1. The van der Waals surface area contributed by atoms with E-state index in [-0.39, 0.29) is 17.8 Å². The average Bonchev–Trinajstić information content (AvgIpc) is 2.89. The van der Waals surface area contributed by atoms with E-state index in [1.165, 1.54) is 6.07 Å². The number of piperidine rings is 1. The van der Waals surface area contributed by atoms with Crippen LogP contribution >= 0.6 is 23.4 Å². The summed E-state index contributed by atoms with van der Waals surface area (Å²) in [6.07, 6.45) is 7.56. The largest absolute Gasteiger partial charge is 0.497 e. The Kier molecular flexibility index (Phi) is 9.28. The maximum atomic E-state index is 13.8. The Morgan fingerprint density at radius 1 is 1.17 bits per heavy atom. The van der Waals surface area contributed by atoms with Crippen LogP contribution in [0.1, 0.15) is 37.7 Å². The van der Waals surface area contributed by atoms with E-state index in [0.29, 0.717) is 5.02 Å². The average molecular weight is 517 g/mol. The third kappa shape index (κ3) is 6.67. The highest BCUT2D eigenvalue weighted by atomic mass is 35.5. The molecular formula is C28H34ClFN2O2S. The minimum atomic E-state index is -0.136. The van der Waals surface area contributed by atoms with Gasteiger partial charge in [-0.2, -0.15) is 0 Å². The van der Waals surface area contributed by atoms with E-state index in [0.717, 1.165) is 91.0 Å². The van der Waals surface area contributed by atoms with Gasteiger partial charge in [0.05, 0.1) is 17.6 Å². The summed E-state index contributed by atoms with van der Waals surface area (Å²) in [6, 6.07) is 12.9. The van der Waals surface area contributed by atoms with Crippen LogP contribution in [-0.2, 0) is 6.42 Å². The lowest BCUT2D eigenvalue weighted by molar-refractivity contribution is 0.0358. The second kappa shape index (κ2) is 12.4. The summed E-state index contributed by atoms with van der Waals surface area (Å²) in [5, 5.41) is 12.0. The Morgan fingerprint density at radius 2 is 1.97 bits per heavy atom. The number of aliphatic hydroxyl groups is 1. The second-order valence-electron chi connectivity index (χ2n) is 9.45. The van der Waals surface area contributed by atoms with Crippen LogP contribution in [0, 0.1) is 11.2 Å². The van der Waals surface area contributed by atoms with E-state index in [1.54, 1.807) is 31.1 Å². The van der Waals surface area contributed by atoms with E-state index in [4.69, 9.17) is 16.3 Å². The van der Waals surface area contributed by atoms with Gasteiger partial charge < -0.3 is 14.7 Å². The Labute approximate surface area is 216 Å². The highest BCUT2D eigenvalue weighted by molar-refractivity contribution is 7.99. The molecule has 4 nitrogen and oxygen atoms in total. The number of halogens is 2. The van der Waals surface area contributed by atoms with Crippen LogP contribution in [0.25, 0.3) is 10.9 Å². The van der Waals surface area contributed by atoms with Gasteiger partial charge in [-0.25, -0.2) is 4.39 Å². The number of thioether (sulfide) groups is 1. The molecule has 4 rings (SSSR count). The molecule has 0 spiro atoms. The molecule has 0 saturated carbocycles. The van der Waals surface area contributed by atoms with E-state index in [2.05, 4.69) is 9.88 Å². The van der Waals surface area contributed by atoms with Crippen molar-refractivity contribution in [1.82, 2.24) is 9.88 Å². The maximum Gasteiger partial charge on any atom is 0.136 e. The van der Waals surface area contributed by atoms with Gasteiger partial charge in [-0.15, -0.1) is 11.8 Å². The molecular weight excluding hydrogens is 483 g/mol. The first kappa shape index (κ1) is 26.2. The SMILES string of the molecule is COc1ccc2ncc(Cl)c(CCCC3(CO)CCN(CCCSc4ccccc4F)CC3)c2c1. The van der Waals surface area contributed by atoms with Crippen LogP contribution in [-0.4, -0.2) is 54.1 Å². The highest BCUT2D eigenvalue weighted by Crippen LogP contribution is 2.37. The summed E-state index contributed by atoms with van der Waals surface area (Å²) >= 11 is 8.12. The van der Waals surface area contributed by atoms with Gasteiger partial charge in [0.2, 0.25) is 0 Å². The summed E-state index contributed by atoms with van der Waals surface area (Å²) in [7, 11) is 1.66. The van der Waals surface area contributed by atoms with Crippen LogP contribution < -0.4 is 4.74 Å². The smallest absolute Gasteiger partial charge is 0.136 e. The normalized spacial score (nSPS) is 16.0. The van der Waals surface area contributed by atoms with Crippen LogP contribution in [0.4, 0.5) is 4.39 Å². The summed E-state index contributed by atoms with van der Waals surface area (Å²) in [5.41, 5.74) is 2.00. The number of aromatic nitrogens is 1. The Morgan fingerprint density at radius 3 is 2.71 bits per heavy atom. The maximum absolute atomic E-state index is 13.8. The molecule has 7 heteroatoms. The summed E-state index contributed by atoms with van der Waals surface area (Å²) < 4.78 is 19.2. The second-order valence-corrected chi connectivity index (χ2v) is 11.0. The van der Waals surface area contributed by atoms with Crippen LogP contribution in [0.3, 0.4) is 0 Å². The van der Waals surface area contributed by atoms with Gasteiger partial charge in [-0.3, -0.25) is 4.98 Å². The molecule has 1 aromatic heterocycles. The zero-order chi connectivity index (χ0) is 24.7. The first-order valence-electron chi connectivity index (χ1n) is 12.4. The molecule has 0 unspecified atom stereocenters. The molecule has 0 aliphatic carbocycles. The molecule has 3 aromatic rings. The van der Waals surface area contributed by atoms with E-state index >= 15 is 0 Å². The number of rotatable bonds is 11. The Bertz CT molecular complexity index is 1120. The fourth-order valence-electron chi connectivity index (χ4n) is 4.99. The predicted octanol–water partition coefficient (Wildman–Crippen LogP) is 6.62. The van der Waals surface area contributed by atoms with Gasteiger partial charge in [-0.05, 0) is 105 Å². The number of nitrogens with zero attached hydrogens (tertiary/aromatic N) is 2. The highest BCUT2D eigenvalue weighted by Gasteiger charge is 2.33. The zero-order valence-corrected chi connectivity index (χ0v) is 21.9. The van der Waals surface area contributed by atoms with Gasteiger partial charge in [-0.1, -0.05) is 23.7 Å². The van der Waals surface area contributed by atoms with Crippen molar-refractivity contribution in [2.24, 2.45) is 5.41 Å². The number of likely N-dealkylation sites (tertiary alicyclic amines) is 1. The lowest BCUT2D eigenvalue weighted by Gasteiger charge is -2.41. The number of fused-ring (bicyclic) bond motifs is 1. The molecule has 0 bridgehead atoms. The fraction of sp³-hybridized carbons (Fsp3) is 0.464. The van der Waals surface area contributed by atoms with Crippen molar-refractivity contribution in [1.29, 1.82) is 0 Å². The third-order valence-electron chi connectivity index (χ3n) is 7.23. The minimum Gasteiger partial charge on any atom is -0.497 e. The molecule has 0 atom stereocenters. The number of pyridine rings is 1. The molecule has 1 fully saturated rings. The number of aryl methyl sites for hydroxylation is 1. The van der Waals surface area contributed by atoms with Crippen LogP contribution in [0.2, 0.25) is 5.02 Å². The molecule has 1 aliphatic heterocycles. The number of benzene rings is 2. The van der Waals surface area contributed by atoms with Crippen molar-refractivity contribution in [2.75, 3.05) is 39.1 Å². The first-order valence-corrected chi connectivity index (χ1v) is 13.7. The van der Waals surface area contributed by atoms with Gasteiger partial charge in [0.15, 0.2) is 0 Å². The quantitative estimate of drug-likeness (QED) is 0.229. The van der Waals surface area contributed by atoms with Crippen molar-refractivity contribution in [2.45, 2.75) is 43.4 Å². The van der Waals surface area contributed by atoms with E-state index in [9.17, 15) is 9.50 Å². The number of aliphatic hydroxyl groups excluding tert-OH is 1. The summed E-state index contributed by atoms with van der Waals surface area (Å²) in [5.74, 6) is 1.58. The van der Waals surface area contributed by atoms with Gasteiger partial charge in [0, 0.05) is 23.1 Å². The molecule has 2 aromatic carbocycles. The summed E-state index contributed by atoms with van der Waals surface area (Å²) in [4.78, 5) is 7.66. The predicted molar refractivity (Wildman–Crippen MR) is 143 cm³/mol. The number of hydrogen-bond donors (Lipinski definition) is 1. The van der Waals surface area contributed by atoms with Crippen molar-refractivity contribution >= 4 is 34.3 Å². The van der Waals surface area contributed by atoms with Gasteiger partial charge >= 0.3 is 0 Å². The lowest BCUT2D eigenvalue weighted by Crippen LogP contribution is -2.42. The number of methoxy groups -OCH3 is 1. The van der Waals surface area contributed by atoms with Crippen LogP contribution in [0.15, 0.2) is 53.6 Å². The molecule has 0 amide bonds. The molecule has 0 radical (unpaired) electrons. The first-order chi connectivity index (χ1) is 17.0. The topological polar surface area (TPSA) is 45.6 Å². The standard InChI is InChI=1S/C28H34ClFN2O2S/c1-34-21-9-10-26-23(18-21)22(24(29)19-31-26)6-4-11-28(20-33)12-15-32(16-13-28)14-5-17-35-27-8-3-2-7-25(27)30/h2-3,7-10,18-19,33H,4-6,11-17,20H2,1H3. The third-order valence-corrected chi connectivity index (χ3v) is 8.69. The molecule has 2 heterocycles. The molecule has 1 N–H and O–H groups in total. The minimum absolute atomic E-state index is 0.0224. The monoisotopic (exact) mass is 516 g/mol. The van der Waals surface area contributed by atoms with Crippen molar-refractivity contribution < 1.29 is 14.2 Å². The zero-order valence-electron chi connectivity index (χ0n) is 20.3. The van der Waals surface area contributed by atoms with Gasteiger partial charge in [0.1, 0.15) is 11.6 Å². The Hall–Kier alpha value is -1.86.